The number of halogens is 3. The lowest BCUT2D eigenvalue weighted by Gasteiger charge is -2.33. The highest BCUT2D eigenvalue weighted by molar-refractivity contribution is 6.35. The Morgan fingerprint density at radius 1 is 1.06 bits per heavy atom. The average molecular weight is 496 g/mol. The zero-order valence-corrected chi connectivity index (χ0v) is 19.8. The predicted molar refractivity (Wildman–Crippen MR) is 126 cm³/mol. The Hall–Kier alpha value is -1.60. The van der Waals surface area contributed by atoms with E-state index >= 15 is 0 Å². The molecule has 1 aliphatic heterocycles. The summed E-state index contributed by atoms with van der Waals surface area (Å²) >= 11 is 18.5. The van der Waals surface area contributed by atoms with Crippen LogP contribution >= 0.6 is 34.8 Å². The van der Waals surface area contributed by atoms with Gasteiger partial charge in [0.1, 0.15) is 6.10 Å². The number of hydrogen-bond donors (Lipinski definition) is 0. The van der Waals surface area contributed by atoms with Gasteiger partial charge >= 0.3 is 0 Å². The van der Waals surface area contributed by atoms with Gasteiger partial charge in [-0.2, -0.15) is 0 Å². The summed E-state index contributed by atoms with van der Waals surface area (Å²) in [6.07, 6.45) is 7.51. The molecule has 0 amide bonds. The summed E-state index contributed by atoms with van der Waals surface area (Å²) in [7, 11) is 0. The Balaban J connectivity index is 1.36. The van der Waals surface area contributed by atoms with Crippen LogP contribution in [-0.2, 0) is 27.4 Å². The lowest BCUT2D eigenvalue weighted by atomic mass is 10.1. The van der Waals surface area contributed by atoms with Gasteiger partial charge in [-0.25, -0.2) is 4.98 Å². The third kappa shape index (κ3) is 6.70. The first kappa shape index (κ1) is 23.6. The van der Waals surface area contributed by atoms with Crippen molar-refractivity contribution in [1.82, 2.24) is 9.55 Å². The van der Waals surface area contributed by atoms with Gasteiger partial charge in [0.05, 0.1) is 32.2 Å². The molecule has 0 bridgehead atoms. The summed E-state index contributed by atoms with van der Waals surface area (Å²) in [6.45, 7) is 1.60. The van der Waals surface area contributed by atoms with E-state index in [4.69, 9.17) is 49.0 Å². The van der Waals surface area contributed by atoms with Crippen LogP contribution in [-0.4, -0.2) is 28.6 Å². The van der Waals surface area contributed by atoms with Gasteiger partial charge < -0.3 is 18.8 Å². The largest absolute Gasteiger partial charge is 0.374 e. The van der Waals surface area contributed by atoms with Crippen molar-refractivity contribution in [1.29, 1.82) is 0 Å². The molecule has 8 heteroatoms. The van der Waals surface area contributed by atoms with Gasteiger partial charge in [0, 0.05) is 33.0 Å². The Morgan fingerprint density at radius 3 is 2.62 bits per heavy atom. The van der Waals surface area contributed by atoms with E-state index in [0.717, 1.165) is 35.4 Å². The maximum absolute atomic E-state index is 6.49. The number of aromatic nitrogens is 2. The Bertz CT molecular complexity index is 983. The second-order valence-electron chi connectivity index (χ2n) is 7.81. The summed E-state index contributed by atoms with van der Waals surface area (Å²) in [5.41, 5.74) is 1.95. The van der Waals surface area contributed by atoms with E-state index in [-0.39, 0.29) is 18.5 Å². The monoisotopic (exact) mass is 494 g/mol. The zero-order chi connectivity index (χ0) is 22.3. The molecule has 0 N–H and O–H groups in total. The van der Waals surface area contributed by atoms with Gasteiger partial charge in [-0.15, -0.1) is 0 Å². The van der Waals surface area contributed by atoms with E-state index in [1.54, 1.807) is 18.6 Å². The highest BCUT2D eigenvalue weighted by Gasteiger charge is 2.27. The van der Waals surface area contributed by atoms with E-state index in [9.17, 15) is 0 Å². The van der Waals surface area contributed by atoms with Gasteiger partial charge in [0.25, 0.3) is 0 Å². The van der Waals surface area contributed by atoms with E-state index in [1.165, 1.54) is 0 Å². The van der Waals surface area contributed by atoms with E-state index in [2.05, 4.69) is 4.98 Å². The summed E-state index contributed by atoms with van der Waals surface area (Å²) < 4.78 is 20.5. The van der Waals surface area contributed by atoms with Crippen LogP contribution in [0.4, 0.5) is 0 Å². The maximum atomic E-state index is 6.49. The molecule has 4 rings (SSSR count). The fourth-order valence-electron chi connectivity index (χ4n) is 3.72. The molecule has 0 spiro atoms. The van der Waals surface area contributed by atoms with Crippen LogP contribution in [0.2, 0.25) is 15.1 Å². The van der Waals surface area contributed by atoms with Crippen LogP contribution in [0.1, 0.15) is 36.5 Å². The van der Waals surface area contributed by atoms with Gasteiger partial charge in [-0.3, -0.25) is 0 Å². The molecule has 0 aliphatic carbocycles. The molecular weight excluding hydrogens is 471 g/mol. The van der Waals surface area contributed by atoms with Crippen molar-refractivity contribution < 1.29 is 14.2 Å². The van der Waals surface area contributed by atoms with Crippen LogP contribution in [0.15, 0.2) is 61.2 Å². The average Bonchev–Trinajstić information content (AvgIpc) is 3.28. The van der Waals surface area contributed by atoms with Crippen molar-refractivity contribution >= 4 is 34.8 Å². The second-order valence-corrected chi connectivity index (χ2v) is 9.09. The van der Waals surface area contributed by atoms with E-state index < -0.39 is 0 Å². The minimum Gasteiger partial charge on any atom is -0.374 e. The summed E-state index contributed by atoms with van der Waals surface area (Å²) in [6, 6.07) is 13.1. The molecule has 2 heterocycles. The smallest absolute Gasteiger partial charge is 0.158 e. The van der Waals surface area contributed by atoms with Crippen molar-refractivity contribution in [2.24, 2.45) is 0 Å². The summed E-state index contributed by atoms with van der Waals surface area (Å²) in [5.74, 6) is 0. The van der Waals surface area contributed by atoms with Crippen molar-refractivity contribution in [2.45, 2.75) is 50.9 Å². The number of rotatable bonds is 9. The number of hydrogen-bond acceptors (Lipinski definition) is 4. The lowest BCUT2D eigenvalue weighted by Crippen LogP contribution is -2.34. The van der Waals surface area contributed by atoms with Crippen LogP contribution in [0.3, 0.4) is 0 Å². The highest BCUT2D eigenvalue weighted by atomic mass is 35.5. The van der Waals surface area contributed by atoms with Crippen molar-refractivity contribution in [3.05, 3.63) is 87.4 Å². The van der Waals surface area contributed by atoms with Gasteiger partial charge in [-0.1, -0.05) is 53.0 Å². The molecule has 170 valence electrons. The molecule has 1 aliphatic rings. The molecule has 3 aromatic rings. The molecule has 1 aromatic heterocycles. The molecule has 5 nitrogen and oxygen atoms in total. The molecule has 2 aromatic carbocycles. The molecule has 32 heavy (non-hydrogen) atoms. The fraction of sp³-hybridized carbons (Fsp3) is 0.375. The quantitative estimate of drug-likeness (QED) is 0.331. The fourth-order valence-corrected chi connectivity index (χ4v) is 4.38. The van der Waals surface area contributed by atoms with Gasteiger partial charge in [0.15, 0.2) is 6.29 Å². The summed E-state index contributed by atoms with van der Waals surface area (Å²) in [4.78, 5) is 4.13. The summed E-state index contributed by atoms with van der Waals surface area (Å²) in [5, 5.41) is 1.88. The minimum atomic E-state index is -0.340. The first-order valence-electron chi connectivity index (χ1n) is 10.6. The van der Waals surface area contributed by atoms with Gasteiger partial charge in [0.2, 0.25) is 0 Å². The Morgan fingerprint density at radius 2 is 1.88 bits per heavy atom. The molecule has 0 radical (unpaired) electrons. The first-order chi connectivity index (χ1) is 15.6. The third-order valence-electron chi connectivity index (χ3n) is 5.36. The van der Waals surface area contributed by atoms with E-state index in [1.807, 2.05) is 47.2 Å². The van der Waals surface area contributed by atoms with E-state index in [0.29, 0.717) is 29.8 Å². The van der Waals surface area contributed by atoms with Crippen molar-refractivity contribution in [3.63, 3.8) is 0 Å². The van der Waals surface area contributed by atoms with Crippen LogP contribution < -0.4 is 0 Å². The Labute approximate surface area is 203 Å². The Kier molecular flexibility index (Phi) is 8.47. The molecular formula is C24H25Cl3N2O3. The molecule has 0 saturated carbocycles. The molecule has 3 atom stereocenters. The van der Waals surface area contributed by atoms with Crippen LogP contribution in [0.5, 0.6) is 0 Å². The van der Waals surface area contributed by atoms with Crippen molar-refractivity contribution in [3.8, 4) is 0 Å². The van der Waals surface area contributed by atoms with Gasteiger partial charge in [-0.05, 0) is 49.1 Å². The predicted octanol–water partition coefficient (Wildman–Crippen LogP) is 6.71. The standard InChI is InChI=1S/C24H25Cl3N2O3/c25-18-6-4-17(5-7-18)14-30-15-20-2-1-3-24(31-20)32-23(13-29-11-10-28-16-29)21-9-8-19(26)12-22(21)27/h4-12,16,20,23-24H,1-3,13-15H2/t20-,23?,24+/m1/s1. The number of ether oxygens (including phenoxy) is 3. The van der Waals surface area contributed by atoms with Crippen LogP contribution in [0, 0.1) is 0 Å². The molecule has 1 unspecified atom stereocenters. The highest BCUT2D eigenvalue weighted by Crippen LogP contribution is 2.33. The number of benzene rings is 2. The normalized spacial score (nSPS) is 19.7. The SMILES string of the molecule is Clc1ccc(COC[C@H]2CCC[C@H](OC(Cn3ccnc3)c3ccc(Cl)cc3Cl)O2)cc1. The third-order valence-corrected chi connectivity index (χ3v) is 6.17. The lowest BCUT2D eigenvalue weighted by molar-refractivity contribution is -0.227. The zero-order valence-electron chi connectivity index (χ0n) is 17.5. The topological polar surface area (TPSA) is 45.5 Å². The van der Waals surface area contributed by atoms with Crippen molar-refractivity contribution in [2.75, 3.05) is 6.61 Å². The number of nitrogens with zero attached hydrogens (tertiary/aromatic N) is 2. The van der Waals surface area contributed by atoms with Crippen LogP contribution in [0.25, 0.3) is 0 Å². The number of imidazole rings is 1. The molecule has 1 fully saturated rings. The first-order valence-corrected chi connectivity index (χ1v) is 11.7. The molecule has 1 saturated heterocycles. The second kappa shape index (κ2) is 11.5. The minimum absolute atomic E-state index is 0.0179. The maximum Gasteiger partial charge on any atom is 0.158 e.